The zero-order chi connectivity index (χ0) is 31.6. The number of alkyl halides is 3. The number of aromatic nitrogens is 4. The minimum Gasteiger partial charge on any atom is -0.306 e. The number of amidine groups is 1. The molecule has 3 amide bonds. The molecule has 44 heavy (non-hydrogen) atoms. The zero-order valence-electron chi connectivity index (χ0n) is 23.9. The van der Waals surface area contributed by atoms with Gasteiger partial charge in [0.05, 0.1) is 22.0 Å². The number of carbonyl (C=O) groups excluding carboxylic acids is 2. The molecule has 0 saturated carbocycles. The maximum Gasteiger partial charge on any atom is 0.417 e. The number of rotatable bonds is 7. The van der Waals surface area contributed by atoms with Crippen molar-refractivity contribution < 1.29 is 22.8 Å². The number of benzene rings is 2. The highest BCUT2D eigenvalue weighted by Crippen LogP contribution is 2.34. The smallest absolute Gasteiger partial charge is 0.306 e. The third-order valence-corrected chi connectivity index (χ3v) is 7.96. The summed E-state index contributed by atoms with van der Waals surface area (Å²) in [4.78, 5) is 39.3. The van der Waals surface area contributed by atoms with Crippen LogP contribution in [0.4, 0.5) is 29.3 Å². The molecule has 9 nitrogen and oxygen atoms in total. The minimum absolute atomic E-state index is 0.0461. The first kappa shape index (κ1) is 31.2. The topological polar surface area (TPSA) is 105 Å². The fourth-order valence-corrected chi connectivity index (χ4v) is 5.65. The number of amides is 3. The van der Waals surface area contributed by atoms with Crippen molar-refractivity contribution in [3.05, 3.63) is 94.2 Å². The maximum atomic E-state index is 12.9. The van der Waals surface area contributed by atoms with E-state index >= 15 is 0 Å². The molecule has 1 aliphatic heterocycles. The van der Waals surface area contributed by atoms with Crippen LogP contribution in [0.3, 0.4) is 0 Å². The second-order valence-corrected chi connectivity index (χ2v) is 11.7. The first-order valence-corrected chi connectivity index (χ1v) is 14.9. The summed E-state index contributed by atoms with van der Waals surface area (Å²) in [5, 5.41) is 7.17. The van der Waals surface area contributed by atoms with Crippen molar-refractivity contribution in [2.45, 2.75) is 45.7 Å². The average Bonchev–Trinajstić information content (AvgIpc) is 3.58. The van der Waals surface area contributed by atoms with E-state index in [-0.39, 0.29) is 28.4 Å². The van der Waals surface area contributed by atoms with E-state index in [0.29, 0.717) is 35.7 Å². The van der Waals surface area contributed by atoms with Gasteiger partial charge < -0.3 is 5.32 Å². The summed E-state index contributed by atoms with van der Waals surface area (Å²) in [5.41, 5.74) is 3.27. The van der Waals surface area contributed by atoms with Gasteiger partial charge in [-0.3, -0.25) is 9.69 Å². The molecule has 0 radical (unpaired) electrons. The number of thioether (sulfide) groups is 1. The Balaban J connectivity index is 1.21. The molecule has 1 aliphatic rings. The van der Waals surface area contributed by atoms with Crippen LogP contribution in [-0.2, 0) is 23.8 Å². The second-order valence-electron chi connectivity index (χ2n) is 10.4. The summed E-state index contributed by atoms with van der Waals surface area (Å²) < 4.78 is 39.9. The number of urea groups is 1. The van der Waals surface area contributed by atoms with Gasteiger partial charge in [0.1, 0.15) is 6.33 Å². The van der Waals surface area contributed by atoms with Gasteiger partial charge in [-0.05, 0) is 60.2 Å². The number of aryl methyl sites for hydroxylation is 3. The Hall–Kier alpha value is -4.23. The van der Waals surface area contributed by atoms with Gasteiger partial charge in [-0.1, -0.05) is 61.5 Å². The predicted molar refractivity (Wildman–Crippen MR) is 165 cm³/mol. The quantitative estimate of drug-likeness (QED) is 0.228. The molecule has 1 N–H and O–H groups in total. The molecule has 2 aromatic heterocycles. The number of hydrogen-bond donors (Lipinski definition) is 1. The lowest BCUT2D eigenvalue weighted by atomic mass is 9.99. The summed E-state index contributed by atoms with van der Waals surface area (Å²) in [6.07, 6.45) is -1.49. The van der Waals surface area contributed by atoms with Crippen LogP contribution < -0.4 is 10.2 Å². The molecule has 0 spiro atoms. The molecule has 0 atom stereocenters. The lowest BCUT2D eigenvalue weighted by Gasteiger charge is -2.22. The number of halogens is 4. The Morgan fingerprint density at radius 3 is 2.55 bits per heavy atom. The lowest BCUT2D eigenvalue weighted by Crippen LogP contribution is -2.31. The molecule has 0 aliphatic carbocycles. The molecule has 0 unspecified atom stereocenters. The average molecular weight is 642 g/mol. The summed E-state index contributed by atoms with van der Waals surface area (Å²) >= 11 is 7.23. The Labute approximate surface area is 260 Å². The van der Waals surface area contributed by atoms with Gasteiger partial charge in [-0.2, -0.15) is 18.2 Å². The van der Waals surface area contributed by atoms with E-state index in [9.17, 15) is 22.8 Å². The highest BCUT2D eigenvalue weighted by Gasteiger charge is 2.33. The first-order chi connectivity index (χ1) is 20.9. The van der Waals surface area contributed by atoms with Crippen molar-refractivity contribution in [1.29, 1.82) is 0 Å². The van der Waals surface area contributed by atoms with Crippen molar-refractivity contribution in [2.75, 3.05) is 16.0 Å². The highest BCUT2D eigenvalue weighted by molar-refractivity contribution is 8.15. The van der Waals surface area contributed by atoms with Gasteiger partial charge in [0.2, 0.25) is 5.91 Å². The lowest BCUT2D eigenvalue weighted by molar-refractivity contribution is -0.137. The SMILES string of the molecule is Cc1ccc(C(C)C)c(N2C(=O)CS/C2=N\C(=O)Nc2ccc(CCc3ncn(-c4ncc(C(F)(F)F)cc4Cl)n3)cc2)c1. The Kier molecular flexibility index (Phi) is 9.07. The Morgan fingerprint density at radius 2 is 1.86 bits per heavy atom. The fraction of sp³-hybridized carbons (Fsp3) is 0.267. The highest BCUT2D eigenvalue weighted by atomic mass is 35.5. The van der Waals surface area contributed by atoms with Crippen molar-refractivity contribution in [1.82, 2.24) is 19.7 Å². The molecule has 0 bridgehead atoms. The molecule has 1 fully saturated rings. The van der Waals surface area contributed by atoms with Crippen LogP contribution in [0, 0.1) is 6.92 Å². The van der Waals surface area contributed by atoms with Gasteiger partial charge in [0.25, 0.3) is 0 Å². The number of aliphatic imine (C=N–C) groups is 1. The first-order valence-electron chi connectivity index (χ1n) is 13.6. The van der Waals surface area contributed by atoms with Crippen LogP contribution in [0.25, 0.3) is 5.82 Å². The molecular weight excluding hydrogens is 615 g/mol. The molecular formula is C30H27ClF3N7O2S. The minimum atomic E-state index is -4.55. The third-order valence-electron chi connectivity index (χ3n) is 6.76. The molecule has 14 heteroatoms. The molecule has 228 valence electrons. The molecule has 5 rings (SSSR count). The van der Waals surface area contributed by atoms with Crippen LogP contribution in [0.1, 0.15) is 47.8 Å². The predicted octanol–water partition coefficient (Wildman–Crippen LogP) is 7.22. The normalized spacial score (nSPS) is 14.6. The molecule has 2 aromatic carbocycles. The van der Waals surface area contributed by atoms with Gasteiger partial charge in [0, 0.05) is 18.3 Å². The Bertz CT molecular complexity index is 1740. The number of nitrogens with one attached hydrogen (secondary N) is 1. The van der Waals surface area contributed by atoms with E-state index in [4.69, 9.17) is 11.6 Å². The van der Waals surface area contributed by atoms with Gasteiger partial charge in [-0.25, -0.2) is 19.4 Å². The summed E-state index contributed by atoms with van der Waals surface area (Å²) in [6.45, 7) is 6.05. The van der Waals surface area contributed by atoms with E-state index < -0.39 is 17.8 Å². The maximum absolute atomic E-state index is 12.9. The van der Waals surface area contributed by atoms with Gasteiger partial charge >= 0.3 is 12.2 Å². The van der Waals surface area contributed by atoms with Crippen molar-refractivity contribution in [3.63, 3.8) is 0 Å². The number of pyridine rings is 1. The van der Waals surface area contributed by atoms with E-state index in [1.165, 1.54) is 27.7 Å². The number of hydrogen-bond acceptors (Lipinski definition) is 6. The summed E-state index contributed by atoms with van der Waals surface area (Å²) in [5.74, 6) is 0.756. The second kappa shape index (κ2) is 12.8. The molecule has 1 saturated heterocycles. The fourth-order valence-electron chi connectivity index (χ4n) is 4.53. The largest absolute Gasteiger partial charge is 0.417 e. The van der Waals surface area contributed by atoms with Crippen LogP contribution in [0.2, 0.25) is 5.02 Å². The molecule has 3 heterocycles. The van der Waals surface area contributed by atoms with E-state index in [2.05, 4.69) is 39.2 Å². The van der Waals surface area contributed by atoms with E-state index in [1.54, 1.807) is 12.1 Å². The van der Waals surface area contributed by atoms with Crippen LogP contribution in [-0.4, -0.2) is 42.6 Å². The standard InChI is InChI=1S/C30H27ClF3N7O2S/c1-17(2)22-10-4-18(3)12-24(22)41-26(42)15-44-29(41)38-28(43)37-21-8-5-19(6-9-21)7-11-25-36-16-40(39-25)27-23(31)13-20(14-35-27)30(32,33)34/h4-6,8-10,12-14,16-17H,7,11,15H2,1-3H3,(H,37,43)/b38-29-. The van der Waals surface area contributed by atoms with Crippen LogP contribution >= 0.6 is 23.4 Å². The van der Waals surface area contributed by atoms with Gasteiger partial charge in [-0.15, -0.1) is 5.10 Å². The molecule has 4 aromatic rings. The summed E-state index contributed by atoms with van der Waals surface area (Å²) in [7, 11) is 0. The summed E-state index contributed by atoms with van der Waals surface area (Å²) in [6, 6.07) is 13.3. The van der Waals surface area contributed by atoms with E-state index in [0.717, 1.165) is 28.4 Å². The number of carbonyl (C=O) groups is 2. The van der Waals surface area contributed by atoms with Crippen molar-refractivity contribution in [2.24, 2.45) is 4.99 Å². The number of anilines is 2. The zero-order valence-corrected chi connectivity index (χ0v) is 25.5. The van der Waals surface area contributed by atoms with E-state index in [1.807, 2.05) is 37.3 Å². The van der Waals surface area contributed by atoms with Crippen molar-refractivity contribution >= 4 is 51.8 Å². The number of nitrogens with zero attached hydrogens (tertiary/aromatic N) is 6. The van der Waals surface area contributed by atoms with Crippen LogP contribution in [0.5, 0.6) is 0 Å². The Morgan fingerprint density at radius 1 is 1.11 bits per heavy atom. The third kappa shape index (κ3) is 7.11. The van der Waals surface area contributed by atoms with Crippen molar-refractivity contribution in [3.8, 4) is 5.82 Å². The monoisotopic (exact) mass is 641 g/mol. The van der Waals surface area contributed by atoms with Crippen LogP contribution in [0.15, 0.2) is 66.0 Å². The van der Waals surface area contributed by atoms with Gasteiger partial charge in [0.15, 0.2) is 16.8 Å².